The highest BCUT2D eigenvalue weighted by Crippen LogP contribution is 2.21. The smallest absolute Gasteiger partial charge is 0.118 e. The van der Waals surface area contributed by atoms with Crippen LogP contribution in [0.2, 0.25) is 0 Å². The quantitative estimate of drug-likeness (QED) is 0.721. The van der Waals surface area contributed by atoms with Gasteiger partial charge in [-0.1, -0.05) is 30.3 Å². The summed E-state index contributed by atoms with van der Waals surface area (Å²) in [5, 5.41) is 3.56. The van der Waals surface area contributed by atoms with Crippen molar-refractivity contribution >= 4 is 0 Å². The lowest BCUT2D eigenvalue weighted by molar-refractivity contribution is 0.415. The predicted octanol–water partition coefficient (Wildman–Crippen LogP) is 4.61. The molecule has 3 rings (SSSR count). The number of hydrogen-bond donors (Lipinski definition) is 1. The fraction of sp³-hybridized carbons (Fsp3) is 0.190. The van der Waals surface area contributed by atoms with Crippen LogP contribution in [0, 0.1) is 0 Å². The first kappa shape index (κ1) is 16.2. The van der Waals surface area contributed by atoms with Gasteiger partial charge in [0.05, 0.1) is 12.8 Å². The second-order valence-corrected chi connectivity index (χ2v) is 5.79. The van der Waals surface area contributed by atoms with Crippen LogP contribution in [0.4, 0.5) is 0 Å². The average Bonchev–Trinajstić information content (AvgIpc) is 2.67. The van der Waals surface area contributed by atoms with Gasteiger partial charge in [-0.2, -0.15) is 0 Å². The van der Waals surface area contributed by atoms with E-state index in [2.05, 4.69) is 53.6 Å². The van der Waals surface area contributed by atoms with Gasteiger partial charge in [0, 0.05) is 24.3 Å². The summed E-state index contributed by atoms with van der Waals surface area (Å²) >= 11 is 0. The van der Waals surface area contributed by atoms with Crippen molar-refractivity contribution in [2.75, 3.05) is 7.11 Å². The van der Waals surface area contributed by atoms with Crippen LogP contribution in [0.25, 0.3) is 11.3 Å². The lowest BCUT2D eigenvalue weighted by Gasteiger charge is -2.14. The molecule has 0 fully saturated rings. The summed E-state index contributed by atoms with van der Waals surface area (Å²) in [6, 6.07) is 23.0. The molecule has 0 saturated carbocycles. The van der Waals surface area contributed by atoms with Gasteiger partial charge in [0.25, 0.3) is 0 Å². The van der Waals surface area contributed by atoms with Crippen LogP contribution in [0.15, 0.2) is 72.9 Å². The highest BCUT2D eigenvalue weighted by molar-refractivity contribution is 5.60. The summed E-state index contributed by atoms with van der Waals surface area (Å²) in [5.74, 6) is 0.855. The van der Waals surface area contributed by atoms with Crippen molar-refractivity contribution in [3.63, 3.8) is 0 Å². The third-order valence-corrected chi connectivity index (χ3v) is 4.12. The van der Waals surface area contributed by atoms with Gasteiger partial charge >= 0.3 is 0 Å². The van der Waals surface area contributed by atoms with Crippen molar-refractivity contribution in [3.8, 4) is 17.0 Å². The van der Waals surface area contributed by atoms with Gasteiger partial charge in [0.15, 0.2) is 0 Å². The van der Waals surface area contributed by atoms with Crippen molar-refractivity contribution in [1.82, 2.24) is 10.3 Å². The van der Waals surface area contributed by atoms with Crippen molar-refractivity contribution in [2.24, 2.45) is 0 Å². The molecule has 24 heavy (non-hydrogen) atoms. The molecule has 1 heterocycles. The first-order valence-electron chi connectivity index (χ1n) is 8.14. The Bertz CT molecular complexity index is 769. The Morgan fingerprint density at radius 1 is 1.00 bits per heavy atom. The fourth-order valence-electron chi connectivity index (χ4n) is 2.63. The van der Waals surface area contributed by atoms with E-state index in [-0.39, 0.29) is 0 Å². The lowest BCUT2D eigenvalue weighted by atomic mass is 10.1. The molecule has 1 N–H and O–H groups in total. The van der Waals surface area contributed by atoms with Crippen molar-refractivity contribution in [1.29, 1.82) is 0 Å². The molecule has 3 aromatic rings. The molecule has 122 valence electrons. The zero-order valence-corrected chi connectivity index (χ0v) is 14.1. The van der Waals surface area contributed by atoms with E-state index in [0.29, 0.717) is 6.04 Å². The average molecular weight is 318 g/mol. The zero-order chi connectivity index (χ0) is 16.8. The van der Waals surface area contributed by atoms with Crippen molar-refractivity contribution in [2.45, 2.75) is 19.5 Å². The third kappa shape index (κ3) is 4.00. The van der Waals surface area contributed by atoms with E-state index in [9.17, 15) is 0 Å². The number of hydrogen-bond acceptors (Lipinski definition) is 3. The Morgan fingerprint density at radius 2 is 1.75 bits per heavy atom. The molecule has 2 aromatic carbocycles. The number of benzene rings is 2. The Morgan fingerprint density at radius 3 is 2.46 bits per heavy atom. The van der Waals surface area contributed by atoms with Gasteiger partial charge in [-0.3, -0.25) is 4.98 Å². The summed E-state index contributed by atoms with van der Waals surface area (Å²) in [5.41, 5.74) is 4.58. The fourth-order valence-corrected chi connectivity index (χ4v) is 2.63. The Hall–Kier alpha value is -2.65. The summed E-state index contributed by atoms with van der Waals surface area (Å²) < 4.78 is 5.21. The van der Waals surface area contributed by atoms with Crippen LogP contribution in [-0.4, -0.2) is 12.1 Å². The Kier molecular flexibility index (Phi) is 5.24. The normalized spacial score (nSPS) is 11.9. The van der Waals surface area contributed by atoms with Gasteiger partial charge in [-0.05, 0) is 54.4 Å². The summed E-state index contributed by atoms with van der Waals surface area (Å²) in [6.45, 7) is 2.99. The van der Waals surface area contributed by atoms with E-state index in [4.69, 9.17) is 4.74 Å². The molecule has 1 unspecified atom stereocenters. The van der Waals surface area contributed by atoms with Crippen molar-refractivity contribution < 1.29 is 4.74 Å². The standard InChI is InChI=1S/C21H22N2O/c1-16(18-6-4-3-5-7-18)23-15-17-12-13-22-21(14-17)19-8-10-20(24-2)11-9-19/h3-14,16,23H,15H2,1-2H3. The summed E-state index contributed by atoms with van der Waals surface area (Å²) in [4.78, 5) is 4.48. The van der Waals surface area contributed by atoms with Gasteiger partial charge in [0.2, 0.25) is 0 Å². The lowest BCUT2D eigenvalue weighted by Crippen LogP contribution is -2.18. The van der Waals surface area contributed by atoms with E-state index in [1.807, 2.05) is 36.5 Å². The van der Waals surface area contributed by atoms with Crippen LogP contribution in [0.3, 0.4) is 0 Å². The molecule has 0 radical (unpaired) electrons. The summed E-state index contributed by atoms with van der Waals surface area (Å²) in [6.07, 6.45) is 1.86. The van der Waals surface area contributed by atoms with Gasteiger partial charge in [0.1, 0.15) is 5.75 Å². The molecule has 0 saturated heterocycles. The second kappa shape index (κ2) is 7.75. The Balaban J connectivity index is 1.68. The second-order valence-electron chi connectivity index (χ2n) is 5.79. The van der Waals surface area contributed by atoms with Crippen LogP contribution < -0.4 is 10.1 Å². The number of pyridine rings is 1. The molecule has 1 atom stereocenters. The maximum atomic E-state index is 5.21. The van der Waals surface area contributed by atoms with Crippen LogP contribution in [0.1, 0.15) is 24.1 Å². The van der Waals surface area contributed by atoms with Gasteiger partial charge in [-0.15, -0.1) is 0 Å². The SMILES string of the molecule is COc1ccc(-c2cc(CNC(C)c3ccccc3)ccn2)cc1. The van der Waals surface area contributed by atoms with Crippen molar-refractivity contribution in [3.05, 3.63) is 84.1 Å². The van der Waals surface area contributed by atoms with E-state index >= 15 is 0 Å². The number of rotatable bonds is 6. The molecule has 3 nitrogen and oxygen atoms in total. The zero-order valence-electron chi connectivity index (χ0n) is 14.1. The van der Waals surface area contributed by atoms with E-state index in [1.165, 1.54) is 11.1 Å². The number of methoxy groups -OCH3 is 1. The highest BCUT2D eigenvalue weighted by atomic mass is 16.5. The van der Waals surface area contributed by atoms with Crippen LogP contribution in [-0.2, 0) is 6.54 Å². The molecular formula is C21H22N2O. The molecule has 0 bridgehead atoms. The molecule has 0 aliphatic heterocycles. The number of ether oxygens (including phenoxy) is 1. The topological polar surface area (TPSA) is 34.1 Å². The molecule has 0 aliphatic carbocycles. The molecule has 0 spiro atoms. The first-order chi connectivity index (χ1) is 11.8. The van der Waals surface area contributed by atoms with E-state index in [0.717, 1.165) is 23.6 Å². The minimum absolute atomic E-state index is 0.309. The molecule has 3 heteroatoms. The van der Waals surface area contributed by atoms with E-state index < -0.39 is 0 Å². The maximum Gasteiger partial charge on any atom is 0.118 e. The van der Waals surface area contributed by atoms with E-state index in [1.54, 1.807) is 7.11 Å². The molecule has 0 aliphatic rings. The number of aromatic nitrogens is 1. The number of nitrogens with one attached hydrogen (secondary N) is 1. The largest absolute Gasteiger partial charge is 0.497 e. The minimum atomic E-state index is 0.309. The predicted molar refractivity (Wildman–Crippen MR) is 97.9 cm³/mol. The molecule has 1 aromatic heterocycles. The third-order valence-electron chi connectivity index (χ3n) is 4.12. The maximum absolute atomic E-state index is 5.21. The highest BCUT2D eigenvalue weighted by Gasteiger charge is 2.05. The van der Waals surface area contributed by atoms with Gasteiger partial charge in [-0.25, -0.2) is 0 Å². The molecular weight excluding hydrogens is 296 g/mol. The Labute approximate surface area is 143 Å². The number of nitrogens with zero attached hydrogens (tertiary/aromatic N) is 1. The van der Waals surface area contributed by atoms with Crippen LogP contribution in [0.5, 0.6) is 5.75 Å². The first-order valence-corrected chi connectivity index (χ1v) is 8.14. The molecule has 0 amide bonds. The minimum Gasteiger partial charge on any atom is -0.497 e. The monoisotopic (exact) mass is 318 g/mol. The summed E-state index contributed by atoms with van der Waals surface area (Å²) in [7, 11) is 1.67. The van der Waals surface area contributed by atoms with Gasteiger partial charge < -0.3 is 10.1 Å². The van der Waals surface area contributed by atoms with Crippen LogP contribution >= 0.6 is 0 Å².